The lowest BCUT2D eigenvalue weighted by Crippen LogP contribution is -2.43. The van der Waals surface area contributed by atoms with Crippen molar-refractivity contribution in [3.8, 4) is 0 Å². The largest absolute Gasteiger partial charge is 0.454 e. The lowest BCUT2D eigenvalue weighted by molar-refractivity contribution is -0.164. The second-order valence-electron chi connectivity index (χ2n) is 5.90. The van der Waals surface area contributed by atoms with Crippen molar-refractivity contribution in [1.82, 2.24) is 5.32 Å². The molecule has 21 heavy (non-hydrogen) atoms. The van der Waals surface area contributed by atoms with Gasteiger partial charge in [0.25, 0.3) is 0 Å². The van der Waals surface area contributed by atoms with Gasteiger partial charge in [-0.3, -0.25) is 4.79 Å². The van der Waals surface area contributed by atoms with E-state index in [1.807, 2.05) is 18.2 Å². The normalized spacial score (nSPS) is 17.4. The summed E-state index contributed by atoms with van der Waals surface area (Å²) in [4.78, 5) is 12.2. The van der Waals surface area contributed by atoms with Crippen LogP contribution in [0.25, 0.3) is 0 Å². The Hall–Kier alpha value is -1.35. The average Bonchev–Trinajstić information content (AvgIpc) is 2.53. The molecule has 0 aliphatic carbocycles. The van der Waals surface area contributed by atoms with Gasteiger partial charge in [0.05, 0.1) is 0 Å². The van der Waals surface area contributed by atoms with Crippen LogP contribution in [0.3, 0.4) is 0 Å². The molecular weight excluding hydrogens is 262 g/mol. The number of carbonyl (C=O) groups is 1. The minimum Gasteiger partial charge on any atom is -0.454 e. The van der Waals surface area contributed by atoms with Crippen LogP contribution in [0, 0.1) is 0 Å². The van der Waals surface area contributed by atoms with E-state index in [1.54, 1.807) is 0 Å². The molecule has 0 aromatic heterocycles. The Labute approximate surface area is 128 Å². The van der Waals surface area contributed by atoms with E-state index >= 15 is 0 Å². The molecule has 0 bridgehead atoms. The monoisotopic (exact) mass is 289 g/mol. The molecule has 0 radical (unpaired) electrons. The summed E-state index contributed by atoms with van der Waals surface area (Å²) in [6.45, 7) is 3.98. The number of nitrogens with one attached hydrogen (secondary N) is 1. The molecule has 0 unspecified atom stereocenters. The second-order valence-corrected chi connectivity index (χ2v) is 5.90. The van der Waals surface area contributed by atoms with Crippen LogP contribution < -0.4 is 5.32 Å². The van der Waals surface area contributed by atoms with E-state index in [9.17, 15) is 4.79 Å². The molecule has 1 fully saturated rings. The SMILES string of the molecule is CCCCCCC(=O)OC1(c2ccccc2)CCNCC1. The van der Waals surface area contributed by atoms with E-state index in [2.05, 4.69) is 24.4 Å². The van der Waals surface area contributed by atoms with Crippen molar-refractivity contribution >= 4 is 5.97 Å². The van der Waals surface area contributed by atoms with Gasteiger partial charge in [0.2, 0.25) is 0 Å². The summed E-state index contributed by atoms with van der Waals surface area (Å²) in [6.07, 6.45) is 6.70. The second kappa shape index (κ2) is 8.18. The average molecular weight is 289 g/mol. The highest BCUT2D eigenvalue weighted by atomic mass is 16.6. The van der Waals surface area contributed by atoms with Crippen molar-refractivity contribution in [2.45, 2.75) is 57.5 Å². The predicted molar refractivity (Wildman–Crippen MR) is 85.1 cm³/mol. The summed E-state index contributed by atoms with van der Waals surface area (Å²) < 4.78 is 5.97. The zero-order valence-electron chi connectivity index (χ0n) is 13.1. The van der Waals surface area contributed by atoms with Crippen molar-refractivity contribution in [2.75, 3.05) is 13.1 Å². The molecule has 0 saturated carbocycles. The number of unbranched alkanes of at least 4 members (excludes halogenated alkanes) is 3. The smallest absolute Gasteiger partial charge is 0.306 e. The van der Waals surface area contributed by atoms with Crippen LogP contribution in [0.5, 0.6) is 0 Å². The van der Waals surface area contributed by atoms with Gasteiger partial charge in [-0.25, -0.2) is 0 Å². The molecule has 1 N–H and O–H groups in total. The first kappa shape index (κ1) is 16.0. The van der Waals surface area contributed by atoms with E-state index in [-0.39, 0.29) is 5.97 Å². The summed E-state index contributed by atoms with van der Waals surface area (Å²) >= 11 is 0. The van der Waals surface area contributed by atoms with Gasteiger partial charge in [0.15, 0.2) is 0 Å². The van der Waals surface area contributed by atoms with Gasteiger partial charge in [0.1, 0.15) is 5.60 Å². The van der Waals surface area contributed by atoms with Gasteiger partial charge in [-0.2, -0.15) is 0 Å². The van der Waals surface area contributed by atoms with E-state index in [1.165, 1.54) is 12.8 Å². The summed E-state index contributed by atoms with van der Waals surface area (Å²) in [5.74, 6) is -0.0446. The molecule has 0 spiro atoms. The maximum Gasteiger partial charge on any atom is 0.306 e. The Balaban J connectivity index is 1.98. The van der Waals surface area contributed by atoms with Gasteiger partial charge in [-0.05, 0) is 25.1 Å². The van der Waals surface area contributed by atoms with Crippen LogP contribution in [-0.2, 0) is 15.1 Å². The number of rotatable bonds is 7. The molecule has 1 heterocycles. The van der Waals surface area contributed by atoms with E-state index in [4.69, 9.17) is 4.74 Å². The minimum absolute atomic E-state index is 0.0446. The Kier molecular flexibility index (Phi) is 6.24. The molecule has 1 aliphatic rings. The van der Waals surface area contributed by atoms with Gasteiger partial charge >= 0.3 is 5.97 Å². The van der Waals surface area contributed by atoms with Crippen molar-refractivity contribution in [3.63, 3.8) is 0 Å². The van der Waals surface area contributed by atoms with Crippen LogP contribution in [0.4, 0.5) is 0 Å². The molecule has 0 atom stereocenters. The Morgan fingerprint density at radius 1 is 1.14 bits per heavy atom. The van der Waals surface area contributed by atoms with Crippen molar-refractivity contribution in [1.29, 1.82) is 0 Å². The molecule has 1 aliphatic heterocycles. The van der Waals surface area contributed by atoms with Crippen molar-refractivity contribution in [2.24, 2.45) is 0 Å². The summed E-state index contributed by atoms with van der Waals surface area (Å²) in [5, 5.41) is 3.35. The highest BCUT2D eigenvalue weighted by Crippen LogP contribution is 2.35. The molecule has 1 aromatic rings. The number of carbonyl (C=O) groups excluding carboxylic acids is 1. The van der Waals surface area contributed by atoms with Crippen LogP contribution in [0.1, 0.15) is 57.4 Å². The zero-order chi connectivity index (χ0) is 15.0. The summed E-state index contributed by atoms with van der Waals surface area (Å²) in [7, 11) is 0. The molecule has 0 amide bonds. The highest BCUT2D eigenvalue weighted by molar-refractivity contribution is 5.70. The maximum absolute atomic E-state index is 12.2. The van der Waals surface area contributed by atoms with Crippen LogP contribution in [0.2, 0.25) is 0 Å². The van der Waals surface area contributed by atoms with Crippen molar-refractivity contribution < 1.29 is 9.53 Å². The fourth-order valence-electron chi connectivity index (χ4n) is 2.99. The molecule has 116 valence electrons. The Morgan fingerprint density at radius 2 is 1.86 bits per heavy atom. The van der Waals surface area contributed by atoms with Crippen LogP contribution in [-0.4, -0.2) is 19.1 Å². The Morgan fingerprint density at radius 3 is 2.52 bits per heavy atom. The van der Waals surface area contributed by atoms with E-state index in [0.29, 0.717) is 6.42 Å². The molecule has 1 saturated heterocycles. The molecule has 2 rings (SSSR count). The third-order valence-corrected chi connectivity index (χ3v) is 4.25. The highest BCUT2D eigenvalue weighted by Gasteiger charge is 2.37. The number of benzene rings is 1. The topological polar surface area (TPSA) is 38.3 Å². The molecule has 3 nitrogen and oxygen atoms in total. The molecule has 3 heteroatoms. The minimum atomic E-state index is -0.422. The standard InChI is InChI=1S/C18H27NO2/c1-2-3-4-8-11-17(20)21-18(12-14-19-15-13-18)16-9-6-5-7-10-16/h5-7,9-10,19H,2-4,8,11-15H2,1H3. The number of esters is 1. The third-order valence-electron chi connectivity index (χ3n) is 4.25. The molecular formula is C18H27NO2. The summed E-state index contributed by atoms with van der Waals surface area (Å²) in [5.41, 5.74) is 0.711. The Bertz CT molecular complexity index is 424. The lowest BCUT2D eigenvalue weighted by atomic mass is 9.84. The van der Waals surface area contributed by atoms with Gasteiger partial charge in [-0.1, -0.05) is 56.5 Å². The number of hydrogen-bond acceptors (Lipinski definition) is 3. The van der Waals surface area contributed by atoms with Crippen molar-refractivity contribution in [3.05, 3.63) is 35.9 Å². The van der Waals surface area contributed by atoms with E-state index in [0.717, 1.165) is 44.3 Å². The summed E-state index contributed by atoms with van der Waals surface area (Å²) in [6, 6.07) is 10.2. The van der Waals surface area contributed by atoms with Gasteiger partial charge in [-0.15, -0.1) is 0 Å². The van der Waals surface area contributed by atoms with Crippen LogP contribution in [0.15, 0.2) is 30.3 Å². The third kappa shape index (κ3) is 4.57. The molecule has 1 aromatic carbocycles. The quantitative estimate of drug-likeness (QED) is 0.613. The number of hydrogen-bond donors (Lipinski definition) is 1. The number of ether oxygens (including phenoxy) is 1. The fourth-order valence-corrected chi connectivity index (χ4v) is 2.99. The fraction of sp³-hybridized carbons (Fsp3) is 0.611. The maximum atomic E-state index is 12.2. The van der Waals surface area contributed by atoms with Crippen LogP contribution >= 0.6 is 0 Å². The van der Waals surface area contributed by atoms with Gasteiger partial charge < -0.3 is 10.1 Å². The van der Waals surface area contributed by atoms with E-state index < -0.39 is 5.60 Å². The predicted octanol–water partition coefficient (Wildman–Crippen LogP) is 3.78. The lowest BCUT2D eigenvalue weighted by Gasteiger charge is -2.37. The first-order valence-electron chi connectivity index (χ1n) is 8.25. The zero-order valence-corrected chi connectivity index (χ0v) is 13.1. The van der Waals surface area contributed by atoms with Gasteiger partial charge in [0, 0.05) is 19.3 Å². The first-order valence-corrected chi connectivity index (χ1v) is 8.25. The first-order chi connectivity index (χ1) is 10.3. The number of piperidine rings is 1.